The lowest BCUT2D eigenvalue weighted by Crippen LogP contribution is -1.93. The van der Waals surface area contributed by atoms with E-state index in [0.717, 1.165) is 5.69 Å². The Labute approximate surface area is 318 Å². The molecule has 0 spiro atoms. The summed E-state index contributed by atoms with van der Waals surface area (Å²) >= 11 is 0. The molecule has 0 atom stereocenters. The molecule has 55 heavy (non-hydrogen) atoms. The molecule has 0 bridgehead atoms. The molecule has 1 aliphatic rings. The Morgan fingerprint density at radius 3 is 1.69 bits per heavy atom. The zero-order chi connectivity index (χ0) is 36.0. The fourth-order valence-corrected chi connectivity index (χ4v) is 9.59. The number of aromatic nitrogens is 2. The van der Waals surface area contributed by atoms with E-state index in [1.807, 2.05) is 18.5 Å². The Hall–Kier alpha value is -7.29. The van der Waals surface area contributed by atoms with Gasteiger partial charge in [0.25, 0.3) is 0 Å². The Kier molecular flexibility index (Phi) is 6.37. The molecule has 0 amide bonds. The van der Waals surface area contributed by atoms with Gasteiger partial charge in [0.1, 0.15) is 0 Å². The highest BCUT2D eigenvalue weighted by atomic mass is 15.0. The molecule has 9 aromatic carbocycles. The summed E-state index contributed by atoms with van der Waals surface area (Å²) in [6.45, 7) is 0. The highest BCUT2D eigenvalue weighted by molar-refractivity contribution is 6.29. The second kappa shape index (κ2) is 11.6. The second-order valence-electron chi connectivity index (χ2n) is 14.6. The van der Waals surface area contributed by atoms with Crippen molar-refractivity contribution in [2.24, 2.45) is 0 Å². The van der Waals surface area contributed by atoms with Crippen molar-refractivity contribution in [2.45, 2.75) is 0 Å². The van der Waals surface area contributed by atoms with Crippen LogP contribution in [0.2, 0.25) is 0 Å². The van der Waals surface area contributed by atoms with E-state index in [-0.39, 0.29) is 0 Å². The van der Waals surface area contributed by atoms with Crippen LogP contribution in [0.4, 0.5) is 0 Å². The van der Waals surface area contributed by atoms with Crippen molar-refractivity contribution in [1.29, 1.82) is 0 Å². The van der Waals surface area contributed by atoms with Gasteiger partial charge >= 0.3 is 0 Å². The molecule has 0 saturated heterocycles. The van der Waals surface area contributed by atoms with Gasteiger partial charge in [-0.3, -0.25) is 4.98 Å². The zero-order valence-electron chi connectivity index (χ0n) is 29.9. The molecule has 254 valence electrons. The van der Waals surface area contributed by atoms with Crippen LogP contribution in [0.3, 0.4) is 0 Å². The van der Waals surface area contributed by atoms with Gasteiger partial charge in [-0.15, -0.1) is 0 Å². The maximum atomic E-state index is 4.45. The highest BCUT2D eigenvalue weighted by Crippen LogP contribution is 2.58. The standard InChI is InChI=1S/C53H32N2/c1-3-13-33(14-4-1)48-41-18-7-8-19-42(41)49(34-15-5-2-6-16-34)53-45-28-27-38(40-21-11-22-44(50(40)45)52(48)53)35-24-26-39-36(31-35)25-29-47-51(39)43-20-9-10-23-46(43)55(47)37-17-12-30-54-32-37/h1-32H. The van der Waals surface area contributed by atoms with Crippen LogP contribution in [-0.2, 0) is 0 Å². The maximum absolute atomic E-state index is 4.45. The monoisotopic (exact) mass is 696 g/mol. The van der Waals surface area contributed by atoms with Gasteiger partial charge < -0.3 is 4.57 Å². The van der Waals surface area contributed by atoms with Crippen LogP contribution in [0, 0.1) is 0 Å². The van der Waals surface area contributed by atoms with Crippen molar-refractivity contribution in [3.63, 3.8) is 0 Å². The molecule has 0 radical (unpaired) electrons. The van der Waals surface area contributed by atoms with Gasteiger partial charge in [0.2, 0.25) is 0 Å². The summed E-state index contributed by atoms with van der Waals surface area (Å²) in [4.78, 5) is 4.45. The van der Waals surface area contributed by atoms with Crippen LogP contribution in [0.1, 0.15) is 0 Å². The first-order chi connectivity index (χ1) is 27.3. The minimum atomic E-state index is 1.07. The summed E-state index contributed by atoms with van der Waals surface area (Å²) in [5.74, 6) is 0. The Balaban J connectivity index is 1.12. The number of fused-ring (bicyclic) bond motifs is 9. The Morgan fingerprint density at radius 1 is 0.345 bits per heavy atom. The van der Waals surface area contributed by atoms with Gasteiger partial charge in [-0.05, 0) is 118 Å². The molecular formula is C53H32N2. The zero-order valence-corrected chi connectivity index (χ0v) is 29.9. The SMILES string of the molecule is c1ccc(-c2c3c(c(-c4ccccc4)c4ccccc24)-c2ccc(-c4ccc5c(ccc6c5c5ccccc5n6-c5cccnc5)c4)c4cccc-3c24)cc1. The molecule has 2 nitrogen and oxygen atoms in total. The van der Waals surface area contributed by atoms with Crippen molar-refractivity contribution in [3.05, 3.63) is 194 Å². The fraction of sp³-hybridized carbons (Fsp3) is 0. The average molecular weight is 697 g/mol. The predicted molar refractivity (Wildman–Crippen MR) is 232 cm³/mol. The molecule has 1 aliphatic carbocycles. The van der Waals surface area contributed by atoms with Crippen LogP contribution in [0.5, 0.6) is 0 Å². The van der Waals surface area contributed by atoms with Crippen LogP contribution < -0.4 is 0 Å². The summed E-state index contributed by atoms with van der Waals surface area (Å²) in [5, 5.41) is 10.2. The van der Waals surface area contributed by atoms with E-state index in [2.05, 4.69) is 185 Å². The first-order valence-corrected chi connectivity index (χ1v) is 19.0. The average Bonchev–Trinajstić information content (AvgIpc) is 3.77. The largest absolute Gasteiger partial charge is 0.308 e. The minimum Gasteiger partial charge on any atom is -0.308 e. The third-order valence-electron chi connectivity index (χ3n) is 11.8. The van der Waals surface area contributed by atoms with E-state index in [9.17, 15) is 0 Å². The number of benzene rings is 9. The van der Waals surface area contributed by atoms with E-state index in [0.29, 0.717) is 0 Å². The molecular weight excluding hydrogens is 665 g/mol. The van der Waals surface area contributed by atoms with Crippen molar-refractivity contribution in [2.75, 3.05) is 0 Å². The lowest BCUT2D eigenvalue weighted by atomic mass is 9.82. The third kappa shape index (κ3) is 4.28. The fourth-order valence-electron chi connectivity index (χ4n) is 9.59. The van der Waals surface area contributed by atoms with Crippen LogP contribution in [-0.4, -0.2) is 9.55 Å². The van der Waals surface area contributed by atoms with E-state index in [4.69, 9.17) is 0 Å². The molecule has 0 fully saturated rings. The predicted octanol–water partition coefficient (Wildman–Crippen LogP) is 14.3. The summed E-state index contributed by atoms with van der Waals surface area (Å²) in [6.07, 6.45) is 3.78. The van der Waals surface area contributed by atoms with Crippen molar-refractivity contribution in [1.82, 2.24) is 9.55 Å². The van der Waals surface area contributed by atoms with Gasteiger partial charge in [0, 0.05) is 17.0 Å². The van der Waals surface area contributed by atoms with Crippen molar-refractivity contribution < 1.29 is 0 Å². The number of pyridine rings is 1. The van der Waals surface area contributed by atoms with Gasteiger partial charge in [0.05, 0.1) is 22.9 Å². The van der Waals surface area contributed by atoms with Crippen molar-refractivity contribution in [3.8, 4) is 61.3 Å². The minimum absolute atomic E-state index is 1.07. The summed E-state index contributed by atoms with van der Waals surface area (Å²) in [6, 6.07) is 67.0. The van der Waals surface area contributed by atoms with Crippen LogP contribution >= 0.6 is 0 Å². The van der Waals surface area contributed by atoms with Gasteiger partial charge in [0.15, 0.2) is 0 Å². The smallest absolute Gasteiger partial charge is 0.0645 e. The molecule has 2 heteroatoms. The van der Waals surface area contributed by atoms with E-state index < -0.39 is 0 Å². The molecule has 2 aromatic heterocycles. The molecule has 0 aliphatic heterocycles. The Morgan fingerprint density at radius 2 is 0.982 bits per heavy atom. The summed E-state index contributed by atoms with van der Waals surface area (Å²) in [7, 11) is 0. The number of hydrogen-bond acceptors (Lipinski definition) is 1. The van der Waals surface area contributed by atoms with E-state index >= 15 is 0 Å². The number of hydrogen-bond donors (Lipinski definition) is 0. The molecule has 12 rings (SSSR count). The topological polar surface area (TPSA) is 17.8 Å². The molecule has 11 aromatic rings. The summed E-state index contributed by atoms with van der Waals surface area (Å²) < 4.78 is 2.34. The van der Waals surface area contributed by atoms with Crippen LogP contribution in [0.25, 0.3) is 115 Å². The second-order valence-corrected chi connectivity index (χ2v) is 14.6. The number of nitrogens with zero attached hydrogens (tertiary/aromatic N) is 2. The first kappa shape index (κ1) is 30.2. The lowest BCUT2D eigenvalue weighted by molar-refractivity contribution is 1.14. The molecule has 0 N–H and O–H groups in total. The number of rotatable bonds is 4. The molecule has 0 unspecified atom stereocenters. The van der Waals surface area contributed by atoms with E-state index in [1.165, 1.54) is 110 Å². The molecule has 2 heterocycles. The van der Waals surface area contributed by atoms with Gasteiger partial charge in [-0.25, -0.2) is 0 Å². The quantitative estimate of drug-likeness (QED) is 0.179. The third-order valence-corrected chi connectivity index (χ3v) is 11.8. The van der Waals surface area contributed by atoms with Crippen LogP contribution in [0.15, 0.2) is 194 Å². The first-order valence-electron chi connectivity index (χ1n) is 19.0. The lowest BCUT2D eigenvalue weighted by Gasteiger charge is -2.20. The molecule has 0 saturated carbocycles. The highest BCUT2D eigenvalue weighted by Gasteiger charge is 2.31. The summed E-state index contributed by atoms with van der Waals surface area (Å²) in [5.41, 5.74) is 16.3. The van der Waals surface area contributed by atoms with Gasteiger partial charge in [-0.1, -0.05) is 152 Å². The maximum Gasteiger partial charge on any atom is 0.0645 e. The van der Waals surface area contributed by atoms with E-state index in [1.54, 1.807) is 0 Å². The van der Waals surface area contributed by atoms with Crippen molar-refractivity contribution >= 4 is 54.1 Å². The normalized spacial score (nSPS) is 12.0. The number of para-hydroxylation sites is 1. The van der Waals surface area contributed by atoms with Gasteiger partial charge in [-0.2, -0.15) is 0 Å². The Bertz CT molecular complexity index is 3250.